The van der Waals surface area contributed by atoms with E-state index in [4.69, 9.17) is 13.1 Å². The lowest BCUT2D eigenvalue weighted by Gasteiger charge is -2.38. The molecule has 2 aliphatic rings. The molecule has 0 aliphatic heterocycles. The van der Waals surface area contributed by atoms with Crippen LogP contribution in [-0.4, -0.2) is 0 Å². The monoisotopic (exact) mass is 362 g/mol. The second-order valence-corrected chi connectivity index (χ2v) is 7.20. The van der Waals surface area contributed by atoms with Crippen molar-refractivity contribution in [3.8, 4) is 12.1 Å². The first-order valence-electron chi connectivity index (χ1n) is 8.90. The second kappa shape index (κ2) is 7.04. The highest BCUT2D eigenvalue weighted by Gasteiger charge is 2.39. The van der Waals surface area contributed by atoms with Crippen molar-refractivity contribution in [2.24, 2.45) is 11.8 Å². The molecule has 28 heavy (non-hydrogen) atoms. The topological polar surface area (TPSA) is 56.3 Å². The van der Waals surface area contributed by atoms with Crippen molar-refractivity contribution in [3.05, 3.63) is 91.9 Å². The van der Waals surface area contributed by atoms with Gasteiger partial charge in [-0.3, -0.25) is 0 Å². The molecule has 0 saturated heterocycles. The van der Waals surface area contributed by atoms with Crippen LogP contribution in [0.5, 0.6) is 0 Å². The SMILES string of the molecule is [C-]#[N+]/C(C#N)=C1/c2cc(C)c(C)cc2/C(=C(\C#N)[N+]#[C-])C2C=C(C)C(C)=CC12. The smallest absolute Gasteiger partial charge is 0.226 e. The van der Waals surface area contributed by atoms with Crippen molar-refractivity contribution < 1.29 is 0 Å². The van der Waals surface area contributed by atoms with Crippen LogP contribution in [0.3, 0.4) is 0 Å². The van der Waals surface area contributed by atoms with E-state index in [2.05, 4.69) is 34.0 Å². The molecule has 0 heterocycles. The van der Waals surface area contributed by atoms with Gasteiger partial charge < -0.3 is 0 Å². The summed E-state index contributed by atoms with van der Waals surface area (Å²) in [6.07, 6.45) is 4.13. The molecule has 0 spiro atoms. The lowest BCUT2D eigenvalue weighted by atomic mass is 9.65. The van der Waals surface area contributed by atoms with Crippen LogP contribution in [0.15, 0.2) is 46.8 Å². The summed E-state index contributed by atoms with van der Waals surface area (Å²) in [7, 11) is 0. The Morgan fingerprint density at radius 2 is 1.14 bits per heavy atom. The van der Waals surface area contributed by atoms with Gasteiger partial charge in [-0.05, 0) is 61.1 Å². The van der Waals surface area contributed by atoms with Crippen molar-refractivity contribution in [2.75, 3.05) is 0 Å². The van der Waals surface area contributed by atoms with Gasteiger partial charge in [0.05, 0.1) is 25.3 Å². The van der Waals surface area contributed by atoms with Gasteiger partial charge in [-0.25, -0.2) is 20.2 Å². The summed E-state index contributed by atoms with van der Waals surface area (Å²) < 4.78 is 0. The van der Waals surface area contributed by atoms with E-state index in [1.54, 1.807) is 0 Å². The lowest BCUT2D eigenvalue weighted by molar-refractivity contribution is 0.672. The van der Waals surface area contributed by atoms with Crippen molar-refractivity contribution in [1.82, 2.24) is 0 Å². The van der Waals surface area contributed by atoms with Gasteiger partial charge in [-0.1, -0.05) is 35.4 Å². The summed E-state index contributed by atoms with van der Waals surface area (Å²) in [5.74, 6) is -0.496. The second-order valence-electron chi connectivity index (χ2n) is 7.20. The summed E-state index contributed by atoms with van der Waals surface area (Å²) in [5.41, 5.74) is 7.31. The molecule has 4 heteroatoms. The Balaban J connectivity index is 2.56. The fourth-order valence-electron chi connectivity index (χ4n) is 4.02. The standard InChI is InChI=1S/C24H18N4/c1-13-7-17-18(8-14(13)2)24(22(12-26)28-6)20-10-16(4)15(3)9-19(20)23(17)21(11-25)27-5/h7-10,17-18H,1-4H3/b23-21+,24-22+. The summed E-state index contributed by atoms with van der Waals surface area (Å²) in [5, 5.41) is 19.3. The average molecular weight is 362 g/mol. The van der Waals surface area contributed by atoms with Crippen LogP contribution in [0, 0.1) is 61.5 Å². The average Bonchev–Trinajstić information content (AvgIpc) is 2.68. The van der Waals surface area contributed by atoms with Crippen LogP contribution in [-0.2, 0) is 0 Å². The normalized spacial score (nSPS) is 23.4. The summed E-state index contributed by atoms with van der Waals surface area (Å²) in [4.78, 5) is 7.01. The van der Waals surface area contributed by atoms with Gasteiger partial charge in [0.15, 0.2) is 0 Å². The third-order valence-electron chi connectivity index (χ3n) is 5.69. The predicted molar refractivity (Wildman–Crippen MR) is 109 cm³/mol. The molecular weight excluding hydrogens is 344 g/mol. The van der Waals surface area contributed by atoms with Crippen molar-refractivity contribution in [3.63, 3.8) is 0 Å². The first kappa shape index (κ1) is 18.9. The van der Waals surface area contributed by atoms with Gasteiger partial charge in [-0.2, -0.15) is 0 Å². The van der Waals surface area contributed by atoms with Crippen LogP contribution in [0.4, 0.5) is 0 Å². The van der Waals surface area contributed by atoms with E-state index in [9.17, 15) is 10.5 Å². The number of benzene rings is 1. The number of aryl methyl sites for hydroxylation is 2. The molecule has 0 saturated carbocycles. The van der Waals surface area contributed by atoms with E-state index < -0.39 is 0 Å². The minimum absolute atomic E-state index is 0.0666. The Bertz CT molecular complexity index is 1060. The van der Waals surface area contributed by atoms with Gasteiger partial charge >= 0.3 is 0 Å². The van der Waals surface area contributed by atoms with Crippen LogP contribution < -0.4 is 0 Å². The Kier molecular flexibility index (Phi) is 4.76. The third-order valence-corrected chi connectivity index (χ3v) is 5.69. The van der Waals surface area contributed by atoms with Gasteiger partial charge in [0.25, 0.3) is 11.4 Å². The molecule has 2 aliphatic carbocycles. The fourth-order valence-corrected chi connectivity index (χ4v) is 4.02. The number of hydrogen-bond donors (Lipinski definition) is 0. The largest absolute Gasteiger partial charge is 0.266 e. The van der Waals surface area contributed by atoms with E-state index in [0.29, 0.717) is 11.1 Å². The quantitative estimate of drug-likeness (QED) is 0.435. The minimum Gasteiger partial charge on any atom is -0.226 e. The summed E-state index contributed by atoms with van der Waals surface area (Å²) in [6.45, 7) is 23.0. The van der Waals surface area contributed by atoms with Gasteiger partial charge in [0, 0.05) is 11.8 Å². The molecule has 0 radical (unpaired) electrons. The van der Waals surface area contributed by atoms with Gasteiger partial charge in [-0.15, -0.1) is 0 Å². The first-order chi connectivity index (χ1) is 13.4. The van der Waals surface area contributed by atoms with E-state index in [1.165, 1.54) is 0 Å². The van der Waals surface area contributed by atoms with Crippen LogP contribution in [0.1, 0.15) is 36.1 Å². The van der Waals surface area contributed by atoms with Crippen molar-refractivity contribution in [1.29, 1.82) is 10.5 Å². The Morgan fingerprint density at radius 1 is 0.786 bits per heavy atom. The molecule has 2 atom stereocenters. The zero-order valence-electron chi connectivity index (χ0n) is 16.3. The predicted octanol–water partition coefficient (Wildman–Crippen LogP) is 5.76. The minimum atomic E-state index is -0.248. The first-order valence-corrected chi connectivity index (χ1v) is 8.90. The maximum atomic E-state index is 9.63. The Morgan fingerprint density at radius 3 is 1.43 bits per heavy atom. The fraction of sp³-hybridized carbons (Fsp3) is 0.250. The molecule has 0 N–H and O–H groups in total. The molecule has 0 aromatic heterocycles. The van der Waals surface area contributed by atoms with Crippen molar-refractivity contribution in [2.45, 2.75) is 27.7 Å². The summed E-state index contributed by atoms with van der Waals surface area (Å²) >= 11 is 0. The van der Waals surface area contributed by atoms with E-state index in [0.717, 1.165) is 33.4 Å². The van der Waals surface area contributed by atoms with Crippen molar-refractivity contribution >= 4 is 11.1 Å². The molecule has 0 fully saturated rings. The van der Waals surface area contributed by atoms with Crippen LogP contribution in [0.2, 0.25) is 0 Å². The van der Waals surface area contributed by atoms with Crippen LogP contribution in [0.25, 0.3) is 20.8 Å². The number of nitrogens with zero attached hydrogens (tertiary/aromatic N) is 4. The molecular formula is C24H18N4. The van der Waals surface area contributed by atoms with Crippen LogP contribution >= 0.6 is 0 Å². The number of hydrogen-bond acceptors (Lipinski definition) is 2. The lowest BCUT2D eigenvalue weighted by Crippen LogP contribution is -2.25. The number of rotatable bonds is 0. The van der Waals surface area contributed by atoms with E-state index in [1.807, 2.05) is 39.8 Å². The zero-order chi connectivity index (χ0) is 20.6. The molecule has 1 aromatic rings. The number of nitriles is 2. The summed E-state index contributed by atoms with van der Waals surface area (Å²) in [6, 6.07) is 8.08. The van der Waals surface area contributed by atoms with E-state index in [-0.39, 0.29) is 23.2 Å². The number of allylic oxidation sites excluding steroid dienone is 8. The maximum Gasteiger partial charge on any atom is 0.266 e. The molecule has 1 aromatic carbocycles. The number of fused-ring (bicyclic) bond motifs is 2. The highest BCUT2D eigenvalue weighted by atomic mass is 14.7. The molecule has 4 nitrogen and oxygen atoms in total. The van der Waals surface area contributed by atoms with Gasteiger partial charge in [0.2, 0.25) is 0 Å². The molecule has 0 bridgehead atoms. The maximum absolute atomic E-state index is 9.63. The third kappa shape index (κ3) is 2.74. The Hall–Kier alpha value is -3.86. The molecule has 3 rings (SSSR count). The zero-order valence-corrected chi connectivity index (χ0v) is 16.3. The van der Waals surface area contributed by atoms with Gasteiger partial charge in [0.1, 0.15) is 0 Å². The molecule has 2 unspecified atom stereocenters. The highest BCUT2D eigenvalue weighted by Crippen LogP contribution is 2.52. The Labute approximate surface area is 165 Å². The molecule has 134 valence electrons. The molecule has 0 amide bonds. The van der Waals surface area contributed by atoms with E-state index >= 15 is 0 Å². The highest BCUT2D eigenvalue weighted by molar-refractivity contribution is 5.94.